The maximum atomic E-state index is 4.75. The quantitative estimate of drug-likeness (QED) is 0.780. The maximum absolute atomic E-state index is 4.75. The number of rotatable bonds is 2. The molecular weight excluding hydrogens is 262 g/mol. The second-order valence-electron chi connectivity index (χ2n) is 5.79. The molecule has 0 spiro atoms. The fourth-order valence-electron chi connectivity index (χ4n) is 3.31. The summed E-state index contributed by atoms with van der Waals surface area (Å²) in [5.74, 6) is 0.715. The topological polar surface area (TPSA) is 68.6 Å². The lowest BCUT2D eigenvalue weighted by molar-refractivity contribution is 0.598. The normalized spacial score (nSPS) is 22.1. The molecule has 0 bridgehead atoms. The summed E-state index contributed by atoms with van der Waals surface area (Å²) in [7, 11) is 0. The van der Waals surface area contributed by atoms with Crippen molar-refractivity contribution in [3.05, 3.63) is 36.6 Å². The average Bonchev–Trinajstić information content (AvgIpc) is 3.06. The number of nitrogens with one attached hydrogen (secondary N) is 1. The van der Waals surface area contributed by atoms with E-state index in [9.17, 15) is 0 Å². The highest BCUT2D eigenvalue weighted by Crippen LogP contribution is 2.42. The van der Waals surface area contributed by atoms with E-state index in [1.165, 1.54) is 18.4 Å². The van der Waals surface area contributed by atoms with Gasteiger partial charge in [0.1, 0.15) is 12.0 Å². The van der Waals surface area contributed by atoms with Gasteiger partial charge in [-0.1, -0.05) is 6.08 Å². The highest BCUT2D eigenvalue weighted by atomic mass is 15.0. The minimum absolute atomic E-state index is 0.324. The molecule has 1 N–H and O–H groups in total. The number of aromatic amines is 1. The predicted octanol–water partition coefficient (Wildman–Crippen LogP) is 2.29. The molecule has 2 aliphatic rings. The van der Waals surface area contributed by atoms with Crippen LogP contribution in [0.5, 0.6) is 0 Å². The molecule has 4 heterocycles. The van der Waals surface area contributed by atoms with E-state index in [0.717, 1.165) is 34.2 Å². The Kier molecular flexibility index (Phi) is 2.23. The lowest BCUT2D eigenvalue weighted by Gasteiger charge is -2.14. The molecule has 0 aromatic carbocycles. The molecule has 5 heteroatoms. The largest absolute Gasteiger partial charge is 0.346 e. The minimum atomic E-state index is 0.324. The van der Waals surface area contributed by atoms with Crippen molar-refractivity contribution in [3.8, 4) is 0 Å². The van der Waals surface area contributed by atoms with E-state index in [2.05, 4.69) is 32.1 Å². The Morgan fingerprint density at radius 3 is 3.00 bits per heavy atom. The molecule has 1 unspecified atom stereocenters. The lowest BCUT2D eigenvalue weighted by atomic mass is 9.98. The van der Waals surface area contributed by atoms with Crippen molar-refractivity contribution in [2.24, 2.45) is 5.92 Å². The summed E-state index contributed by atoms with van der Waals surface area (Å²) in [5.41, 5.74) is 4.09. The number of fused-ring (bicyclic) bond motifs is 3. The fraction of sp³-hybridized carbons (Fsp3) is 0.312. The summed E-state index contributed by atoms with van der Waals surface area (Å²) in [6.45, 7) is 0.809. The zero-order valence-electron chi connectivity index (χ0n) is 11.5. The first-order chi connectivity index (χ1) is 10.4. The van der Waals surface area contributed by atoms with Crippen LogP contribution in [-0.2, 0) is 0 Å². The first kappa shape index (κ1) is 11.4. The molecule has 1 atom stereocenters. The Labute approximate surface area is 121 Å². The van der Waals surface area contributed by atoms with Gasteiger partial charge in [-0.05, 0) is 30.4 Å². The van der Waals surface area contributed by atoms with Crippen molar-refractivity contribution in [2.75, 3.05) is 6.54 Å². The van der Waals surface area contributed by atoms with Crippen LogP contribution in [0.4, 0.5) is 0 Å². The Morgan fingerprint density at radius 1 is 1.14 bits per heavy atom. The first-order valence-electron chi connectivity index (χ1n) is 7.35. The zero-order valence-corrected chi connectivity index (χ0v) is 11.5. The summed E-state index contributed by atoms with van der Waals surface area (Å²) in [6.07, 6.45) is 10.2. The zero-order chi connectivity index (χ0) is 13.8. The molecule has 1 saturated carbocycles. The Hall–Kier alpha value is -2.27. The van der Waals surface area contributed by atoms with E-state index >= 15 is 0 Å². The SMILES string of the molecule is C1=C(c2ncnc3cnc4[nH]ccc4c23)C(C2CC2)[N]C1. The number of hydrogen-bond donors (Lipinski definition) is 1. The summed E-state index contributed by atoms with van der Waals surface area (Å²) in [6, 6.07) is 2.38. The van der Waals surface area contributed by atoms with E-state index in [-0.39, 0.29) is 0 Å². The van der Waals surface area contributed by atoms with Gasteiger partial charge in [0, 0.05) is 23.5 Å². The maximum Gasteiger partial charge on any atom is 0.138 e. The summed E-state index contributed by atoms with van der Waals surface area (Å²) in [5, 5.41) is 6.94. The molecule has 5 rings (SSSR count). The van der Waals surface area contributed by atoms with Gasteiger partial charge < -0.3 is 4.98 Å². The number of H-pyrrole nitrogens is 1. The molecule has 1 aliphatic heterocycles. The van der Waals surface area contributed by atoms with E-state index < -0.39 is 0 Å². The van der Waals surface area contributed by atoms with Crippen LogP contribution in [0.3, 0.4) is 0 Å². The molecule has 0 saturated heterocycles. The molecule has 1 radical (unpaired) electrons. The van der Waals surface area contributed by atoms with Crippen LogP contribution < -0.4 is 5.32 Å². The number of pyridine rings is 1. The van der Waals surface area contributed by atoms with Gasteiger partial charge in [0.25, 0.3) is 0 Å². The van der Waals surface area contributed by atoms with Gasteiger partial charge in [-0.2, -0.15) is 0 Å². The summed E-state index contributed by atoms with van der Waals surface area (Å²) in [4.78, 5) is 16.6. The molecule has 3 aromatic rings. The van der Waals surface area contributed by atoms with Crippen LogP contribution >= 0.6 is 0 Å². The van der Waals surface area contributed by atoms with E-state index in [4.69, 9.17) is 5.32 Å². The molecule has 5 nitrogen and oxygen atoms in total. The monoisotopic (exact) mass is 276 g/mol. The summed E-state index contributed by atoms with van der Waals surface area (Å²) >= 11 is 0. The average molecular weight is 276 g/mol. The van der Waals surface area contributed by atoms with Crippen molar-refractivity contribution in [1.29, 1.82) is 0 Å². The standard InChI is InChI=1S/C16H14N5/c1-2-9(1)14-11(4-5-17-14)15-13-10-3-6-18-16(10)19-7-12(13)20-8-21-15/h3-4,6-9,14H,1-2,5H2,(H,18,19). The van der Waals surface area contributed by atoms with Crippen molar-refractivity contribution in [3.63, 3.8) is 0 Å². The number of aromatic nitrogens is 4. The van der Waals surface area contributed by atoms with E-state index in [0.29, 0.717) is 12.0 Å². The van der Waals surface area contributed by atoms with Crippen molar-refractivity contribution in [1.82, 2.24) is 25.3 Å². The van der Waals surface area contributed by atoms with Crippen LogP contribution in [0, 0.1) is 5.92 Å². The summed E-state index contributed by atoms with van der Waals surface area (Å²) < 4.78 is 0. The van der Waals surface area contributed by atoms with Crippen LogP contribution in [0.1, 0.15) is 18.5 Å². The molecule has 103 valence electrons. The van der Waals surface area contributed by atoms with Crippen LogP contribution in [0.2, 0.25) is 0 Å². The smallest absolute Gasteiger partial charge is 0.138 e. The van der Waals surface area contributed by atoms with Gasteiger partial charge in [0.2, 0.25) is 0 Å². The third-order valence-electron chi connectivity index (χ3n) is 4.46. The van der Waals surface area contributed by atoms with Gasteiger partial charge in [-0.15, -0.1) is 0 Å². The van der Waals surface area contributed by atoms with Crippen molar-refractivity contribution >= 4 is 27.5 Å². The van der Waals surface area contributed by atoms with Crippen molar-refractivity contribution in [2.45, 2.75) is 18.9 Å². The third kappa shape index (κ3) is 1.64. The van der Waals surface area contributed by atoms with E-state index in [1.807, 2.05) is 12.4 Å². The molecule has 21 heavy (non-hydrogen) atoms. The van der Waals surface area contributed by atoms with Crippen molar-refractivity contribution < 1.29 is 0 Å². The minimum Gasteiger partial charge on any atom is -0.346 e. The number of nitrogens with zero attached hydrogens (tertiary/aromatic N) is 4. The molecular formula is C16H14N5. The molecule has 3 aromatic heterocycles. The second kappa shape index (κ2) is 4.11. The molecule has 0 amide bonds. The molecule has 1 fully saturated rings. The first-order valence-corrected chi connectivity index (χ1v) is 7.35. The highest BCUT2D eigenvalue weighted by molar-refractivity contribution is 6.08. The molecule has 1 aliphatic carbocycles. The Morgan fingerprint density at radius 2 is 2.10 bits per heavy atom. The highest BCUT2D eigenvalue weighted by Gasteiger charge is 2.37. The van der Waals surface area contributed by atoms with Gasteiger partial charge in [0.15, 0.2) is 0 Å². The third-order valence-corrected chi connectivity index (χ3v) is 4.46. The predicted molar refractivity (Wildman–Crippen MR) is 80.7 cm³/mol. The van der Waals surface area contributed by atoms with Crippen LogP contribution in [0.25, 0.3) is 27.5 Å². The Balaban J connectivity index is 1.80. The number of hydrogen-bond acceptors (Lipinski definition) is 3. The van der Waals surface area contributed by atoms with Gasteiger partial charge in [0.05, 0.1) is 23.4 Å². The second-order valence-corrected chi connectivity index (χ2v) is 5.79. The lowest BCUT2D eigenvalue weighted by Crippen LogP contribution is -2.20. The Bertz CT molecular complexity index is 875. The fourth-order valence-corrected chi connectivity index (χ4v) is 3.31. The van der Waals surface area contributed by atoms with Crippen LogP contribution in [0.15, 0.2) is 30.9 Å². The van der Waals surface area contributed by atoms with Gasteiger partial charge >= 0.3 is 0 Å². The van der Waals surface area contributed by atoms with E-state index in [1.54, 1.807) is 6.33 Å². The van der Waals surface area contributed by atoms with Crippen LogP contribution in [-0.4, -0.2) is 32.5 Å². The van der Waals surface area contributed by atoms with Gasteiger partial charge in [-0.25, -0.2) is 20.3 Å². The van der Waals surface area contributed by atoms with Gasteiger partial charge in [-0.3, -0.25) is 0 Å².